The van der Waals surface area contributed by atoms with E-state index in [4.69, 9.17) is 14.0 Å². The summed E-state index contributed by atoms with van der Waals surface area (Å²) in [7, 11) is -4.84. The fraction of sp³-hybridized carbons (Fsp3) is 0.938. The molecule has 0 spiro atoms. The normalized spacial score (nSPS) is 49.4. The van der Waals surface area contributed by atoms with Crippen molar-refractivity contribution in [2.75, 3.05) is 6.61 Å². The van der Waals surface area contributed by atoms with Gasteiger partial charge in [-0.15, -0.1) is 0 Å². The molecule has 1 aliphatic heterocycles. The van der Waals surface area contributed by atoms with Crippen LogP contribution in [0.5, 0.6) is 0 Å². The first-order valence-corrected chi connectivity index (χ1v) is 17.8. The Morgan fingerprint density at radius 2 is 1.55 bits per heavy atom. The number of ether oxygens (including phenoxy) is 2. The summed E-state index contributed by atoms with van der Waals surface area (Å²) in [6, 6.07) is 0. The Labute approximate surface area is 261 Å². The van der Waals surface area contributed by atoms with Crippen LogP contribution in [0.3, 0.4) is 0 Å². The first kappa shape index (κ1) is 34.7. The SMILES string of the molecule is CC(C)C(C=CC(C)C1CC(O)C2C3CC(O)C4CC(O)CCC4(C)C3CCC12C)OC1OCC(OS(=O)(=O)O)C(O)C1O. The Balaban J connectivity index is 1.27. The summed E-state index contributed by atoms with van der Waals surface area (Å²) in [4.78, 5) is 0. The van der Waals surface area contributed by atoms with Gasteiger partial charge in [0.1, 0.15) is 18.3 Å². The second-order valence-electron chi connectivity index (χ2n) is 15.4. The number of rotatable bonds is 8. The van der Waals surface area contributed by atoms with Gasteiger partial charge in [-0.1, -0.05) is 46.8 Å². The lowest BCUT2D eigenvalue weighted by Gasteiger charge is -2.62. The standard InChI is InChI=1S/C32H54O11S/c1-16(2)25(42-30-29(37)28(36)26(15-41-30)43-44(38,39)40)7-6-17(3)21-14-24(35)27-19-13-23(34)22-12-18(33)8-10-31(22,4)20(19)9-11-32(21,27)5/h6-7,16-30,33-37H,8-15H2,1-5H3,(H,38,39,40). The maximum Gasteiger partial charge on any atom is 0.397 e. The number of aliphatic hydroxyl groups is 5. The molecule has 5 fully saturated rings. The molecule has 0 aromatic heterocycles. The van der Waals surface area contributed by atoms with Crippen molar-refractivity contribution in [1.82, 2.24) is 0 Å². The van der Waals surface area contributed by atoms with Crippen LogP contribution in [-0.2, 0) is 24.1 Å². The zero-order valence-electron chi connectivity index (χ0n) is 26.6. The molecule has 1 heterocycles. The van der Waals surface area contributed by atoms with Gasteiger partial charge in [-0.2, -0.15) is 8.42 Å². The van der Waals surface area contributed by atoms with E-state index in [9.17, 15) is 34.0 Å². The summed E-state index contributed by atoms with van der Waals surface area (Å²) in [5.41, 5.74) is -0.115. The van der Waals surface area contributed by atoms with Crippen LogP contribution in [0.1, 0.15) is 79.6 Å². The average molecular weight is 647 g/mol. The summed E-state index contributed by atoms with van der Waals surface area (Å²) < 4.78 is 47.0. The Morgan fingerprint density at radius 3 is 2.20 bits per heavy atom. The molecular weight excluding hydrogens is 592 g/mol. The van der Waals surface area contributed by atoms with Crippen LogP contribution in [0.15, 0.2) is 12.2 Å². The third-order valence-corrected chi connectivity index (χ3v) is 13.1. The van der Waals surface area contributed by atoms with Gasteiger partial charge in [-0.3, -0.25) is 4.55 Å². The molecule has 12 heteroatoms. The summed E-state index contributed by atoms with van der Waals surface area (Å²) >= 11 is 0. The molecule has 4 saturated carbocycles. The molecule has 0 aromatic carbocycles. The zero-order valence-corrected chi connectivity index (χ0v) is 27.4. The van der Waals surface area contributed by atoms with Crippen molar-refractivity contribution in [2.24, 2.45) is 52.3 Å². The predicted molar refractivity (Wildman–Crippen MR) is 160 cm³/mol. The van der Waals surface area contributed by atoms with Crippen molar-refractivity contribution in [2.45, 2.75) is 129 Å². The highest BCUT2D eigenvalue weighted by atomic mass is 32.3. The maximum absolute atomic E-state index is 11.6. The van der Waals surface area contributed by atoms with Gasteiger partial charge in [0.2, 0.25) is 0 Å². The minimum Gasteiger partial charge on any atom is -0.393 e. The molecule has 16 unspecified atom stereocenters. The van der Waals surface area contributed by atoms with Gasteiger partial charge in [0.25, 0.3) is 0 Å². The molecule has 1 saturated heterocycles. The average Bonchev–Trinajstić information content (AvgIpc) is 3.21. The van der Waals surface area contributed by atoms with Gasteiger partial charge in [0.15, 0.2) is 6.29 Å². The molecule has 11 nitrogen and oxygen atoms in total. The Kier molecular flexibility index (Phi) is 10.0. The lowest BCUT2D eigenvalue weighted by atomic mass is 9.43. The van der Waals surface area contributed by atoms with Gasteiger partial charge in [0, 0.05) is 0 Å². The summed E-state index contributed by atoms with van der Waals surface area (Å²) in [5.74, 6) is 1.20. The highest BCUT2D eigenvalue weighted by Crippen LogP contribution is 2.68. The van der Waals surface area contributed by atoms with Crippen LogP contribution in [0.25, 0.3) is 0 Å². The van der Waals surface area contributed by atoms with Crippen molar-refractivity contribution in [3.05, 3.63) is 12.2 Å². The van der Waals surface area contributed by atoms with Gasteiger partial charge in [0.05, 0.1) is 31.0 Å². The number of fused-ring (bicyclic) bond motifs is 5. The van der Waals surface area contributed by atoms with Crippen LogP contribution >= 0.6 is 0 Å². The van der Waals surface area contributed by atoms with Gasteiger partial charge >= 0.3 is 10.4 Å². The van der Waals surface area contributed by atoms with Gasteiger partial charge < -0.3 is 35.0 Å². The van der Waals surface area contributed by atoms with E-state index in [0.717, 1.165) is 25.7 Å². The van der Waals surface area contributed by atoms with E-state index in [1.165, 1.54) is 0 Å². The topological polar surface area (TPSA) is 183 Å². The number of hydrogen-bond acceptors (Lipinski definition) is 10. The van der Waals surface area contributed by atoms with Gasteiger partial charge in [-0.05, 0) is 97.2 Å². The number of hydrogen-bond donors (Lipinski definition) is 6. The highest BCUT2D eigenvalue weighted by molar-refractivity contribution is 7.80. The summed E-state index contributed by atoms with van der Waals surface area (Å²) in [6.07, 6.45) is 2.17. The van der Waals surface area contributed by atoms with Crippen molar-refractivity contribution in [3.8, 4) is 0 Å². The van der Waals surface area contributed by atoms with Gasteiger partial charge in [-0.25, -0.2) is 4.18 Å². The molecule has 0 aromatic rings. The molecule has 44 heavy (non-hydrogen) atoms. The molecule has 16 atom stereocenters. The van der Waals surface area contributed by atoms with Crippen molar-refractivity contribution < 1.29 is 52.2 Å². The largest absolute Gasteiger partial charge is 0.397 e. The predicted octanol–water partition coefficient (Wildman–Crippen LogP) is 2.45. The summed E-state index contributed by atoms with van der Waals surface area (Å²) in [6.45, 7) is 10.3. The highest BCUT2D eigenvalue weighted by Gasteiger charge is 2.64. The van der Waals surface area contributed by atoms with Crippen molar-refractivity contribution in [3.63, 3.8) is 0 Å². The number of aliphatic hydroxyl groups excluding tert-OH is 5. The minimum atomic E-state index is -4.84. The molecule has 0 radical (unpaired) electrons. The van der Waals surface area contributed by atoms with E-state index in [1.807, 2.05) is 19.9 Å². The quantitative estimate of drug-likeness (QED) is 0.168. The zero-order chi connectivity index (χ0) is 32.4. The first-order valence-electron chi connectivity index (χ1n) is 16.5. The molecule has 0 amide bonds. The van der Waals surface area contributed by atoms with Crippen LogP contribution in [0.4, 0.5) is 0 Å². The minimum absolute atomic E-state index is 0.0162. The monoisotopic (exact) mass is 646 g/mol. The lowest BCUT2D eigenvalue weighted by molar-refractivity contribution is -0.277. The smallest absolute Gasteiger partial charge is 0.393 e. The molecule has 5 rings (SSSR count). The third-order valence-electron chi connectivity index (χ3n) is 12.6. The fourth-order valence-corrected chi connectivity index (χ4v) is 10.8. The van der Waals surface area contributed by atoms with Crippen molar-refractivity contribution in [1.29, 1.82) is 0 Å². The lowest BCUT2D eigenvalue weighted by Crippen LogP contribution is -2.59. The molecule has 4 aliphatic carbocycles. The third kappa shape index (κ3) is 6.42. The van der Waals surface area contributed by atoms with E-state index < -0.39 is 59.9 Å². The molecule has 0 bridgehead atoms. The van der Waals surface area contributed by atoms with E-state index in [-0.39, 0.29) is 52.4 Å². The number of allylic oxidation sites excluding steroid dienone is 1. The fourth-order valence-electron chi connectivity index (χ4n) is 10.3. The van der Waals surface area contributed by atoms with E-state index in [0.29, 0.717) is 25.2 Å². The van der Waals surface area contributed by atoms with Crippen LogP contribution < -0.4 is 0 Å². The van der Waals surface area contributed by atoms with Crippen LogP contribution in [0, 0.1) is 52.3 Å². The Hall–Kier alpha value is -0.670. The van der Waals surface area contributed by atoms with Crippen LogP contribution in [0.2, 0.25) is 0 Å². The van der Waals surface area contributed by atoms with E-state index in [2.05, 4.69) is 31.0 Å². The van der Waals surface area contributed by atoms with Crippen molar-refractivity contribution >= 4 is 10.4 Å². The van der Waals surface area contributed by atoms with E-state index in [1.54, 1.807) is 0 Å². The molecule has 5 aliphatic rings. The van der Waals surface area contributed by atoms with Crippen LogP contribution in [-0.4, -0.2) is 94.1 Å². The first-order chi connectivity index (χ1) is 20.5. The van der Waals surface area contributed by atoms with E-state index >= 15 is 0 Å². The molecule has 6 N–H and O–H groups in total. The summed E-state index contributed by atoms with van der Waals surface area (Å²) in [5, 5.41) is 54.2. The molecular formula is C32H54O11S. The maximum atomic E-state index is 11.6. The Morgan fingerprint density at radius 1 is 0.864 bits per heavy atom. The molecule has 254 valence electrons. The second-order valence-corrected chi connectivity index (χ2v) is 16.5. The second kappa shape index (κ2) is 12.7. The Bertz CT molecular complexity index is 1150.